The van der Waals surface area contributed by atoms with Crippen LogP contribution in [-0.4, -0.2) is 51.4 Å². The third-order valence-corrected chi connectivity index (χ3v) is 5.52. The third kappa shape index (κ3) is 3.19. The van der Waals surface area contributed by atoms with Crippen molar-refractivity contribution in [2.24, 2.45) is 5.92 Å². The molecule has 2 aromatic rings. The zero-order chi connectivity index (χ0) is 15.6. The number of carbonyl (C=O) groups excluding carboxylic acids is 1. The van der Waals surface area contributed by atoms with Crippen LogP contribution in [0.15, 0.2) is 29.2 Å². The van der Waals surface area contributed by atoms with Crippen molar-refractivity contribution >= 4 is 17.2 Å². The van der Waals surface area contributed by atoms with Crippen LogP contribution in [0, 0.1) is 5.92 Å². The van der Waals surface area contributed by atoms with Gasteiger partial charge in [-0.05, 0) is 37.4 Å². The Morgan fingerprint density at radius 3 is 2.96 bits per heavy atom. The molecule has 0 saturated carbocycles. The van der Waals surface area contributed by atoms with Crippen molar-refractivity contribution in [2.75, 3.05) is 26.2 Å². The molecule has 0 bridgehead atoms. The molecule has 1 saturated heterocycles. The Morgan fingerprint density at radius 1 is 1.30 bits per heavy atom. The highest BCUT2D eigenvalue weighted by molar-refractivity contribution is 7.08. The number of hydrogen-bond acceptors (Lipinski definition) is 4. The molecule has 0 aromatic carbocycles. The lowest BCUT2D eigenvalue weighted by Crippen LogP contribution is -2.38. The van der Waals surface area contributed by atoms with Gasteiger partial charge in [-0.2, -0.15) is 11.3 Å². The lowest BCUT2D eigenvalue weighted by atomic mass is 10.1. The van der Waals surface area contributed by atoms with E-state index in [0.717, 1.165) is 31.0 Å². The van der Waals surface area contributed by atoms with Gasteiger partial charge in [-0.25, -0.2) is 4.98 Å². The molecule has 0 N–H and O–H groups in total. The second-order valence-electron chi connectivity index (χ2n) is 6.57. The molecule has 0 radical (unpaired) electrons. The summed E-state index contributed by atoms with van der Waals surface area (Å²) < 4.78 is 2.22. The average Bonchev–Trinajstić information content (AvgIpc) is 3.28. The minimum Gasteiger partial charge on any atom is -0.333 e. The van der Waals surface area contributed by atoms with E-state index in [1.807, 2.05) is 34.1 Å². The first-order valence-corrected chi connectivity index (χ1v) is 9.28. The Morgan fingerprint density at radius 2 is 2.17 bits per heavy atom. The van der Waals surface area contributed by atoms with E-state index in [2.05, 4.69) is 14.5 Å². The van der Waals surface area contributed by atoms with Crippen LogP contribution in [0.1, 0.15) is 29.0 Å². The van der Waals surface area contributed by atoms with Crippen molar-refractivity contribution in [3.63, 3.8) is 0 Å². The normalized spacial score (nSPS) is 22.1. The topological polar surface area (TPSA) is 41.4 Å². The number of thiophene rings is 1. The molecule has 0 aliphatic carbocycles. The van der Waals surface area contributed by atoms with E-state index in [1.165, 1.54) is 25.9 Å². The lowest BCUT2D eigenvalue weighted by molar-refractivity contribution is 0.0707. The summed E-state index contributed by atoms with van der Waals surface area (Å²) in [6.45, 7) is 5.86. The van der Waals surface area contributed by atoms with E-state index in [4.69, 9.17) is 0 Å². The summed E-state index contributed by atoms with van der Waals surface area (Å²) in [5, 5.41) is 3.91. The Labute approximate surface area is 140 Å². The molecule has 4 rings (SSSR count). The summed E-state index contributed by atoms with van der Waals surface area (Å²) >= 11 is 1.57. The first-order valence-electron chi connectivity index (χ1n) is 8.33. The summed E-state index contributed by atoms with van der Waals surface area (Å²) in [5.41, 5.74) is 0.801. The van der Waals surface area contributed by atoms with Gasteiger partial charge in [-0.15, -0.1) is 0 Å². The van der Waals surface area contributed by atoms with Crippen molar-refractivity contribution in [3.05, 3.63) is 40.6 Å². The van der Waals surface area contributed by atoms with Crippen LogP contribution in [0.5, 0.6) is 0 Å². The number of amides is 1. The minimum atomic E-state index is 0.133. The predicted molar refractivity (Wildman–Crippen MR) is 90.5 cm³/mol. The fourth-order valence-corrected chi connectivity index (χ4v) is 4.34. The molecule has 2 aliphatic rings. The zero-order valence-corrected chi connectivity index (χ0v) is 14.0. The van der Waals surface area contributed by atoms with E-state index in [-0.39, 0.29) is 5.91 Å². The summed E-state index contributed by atoms with van der Waals surface area (Å²) in [6.07, 6.45) is 6.51. The summed E-state index contributed by atoms with van der Waals surface area (Å²) in [5.74, 6) is 1.60. The van der Waals surface area contributed by atoms with E-state index in [9.17, 15) is 4.79 Å². The second-order valence-corrected chi connectivity index (χ2v) is 7.35. The number of aromatic nitrogens is 2. The van der Waals surface area contributed by atoms with E-state index >= 15 is 0 Å². The molecule has 1 amide bonds. The molecule has 4 heterocycles. The monoisotopic (exact) mass is 330 g/mol. The standard InChI is InChI=1S/C17H22N4OS/c22-17(15-3-8-23-13-15)21-11-14(9-19-5-1-2-6-19)10-20-7-4-18-16(20)12-21/h3-4,7-8,13-14H,1-2,5-6,9-12H2. The highest BCUT2D eigenvalue weighted by atomic mass is 32.1. The van der Waals surface area contributed by atoms with Crippen LogP contribution in [0.4, 0.5) is 0 Å². The number of likely N-dealkylation sites (tertiary alicyclic amines) is 1. The van der Waals surface area contributed by atoms with Crippen LogP contribution in [-0.2, 0) is 13.1 Å². The van der Waals surface area contributed by atoms with Gasteiger partial charge in [0.15, 0.2) is 0 Å². The first kappa shape index (κ1) is 14.9. The molecular weight excluding hydrogens is 308 g/mol. The minimum absolute atomic E-state index is 0.133. The van der Waals surface area contributed by atoms with Crippen LogP contribution >= 0.6 is 11.3 Å². The van der Waals surface area contributed by atoms with Gasteiger partial charge < -0.3 is 14.4 Å². The number of nitrogens with zero attached hydrogens (tertiary/aromatic N) is 4. The van der Waals surface area contributed by atoms with E-state index in [0.29, 0.717) is 12.5 Å². The first-order chi connectivity index (χ1) is 11.3. The summed E-state index contributed by atoms with van der Waals surface area (Å²) in [6, 6.07) is 1.92. The highest BCUT2D eigenvalue weighted by Crippen LogP contribution is 2.21. The zero-order valence-electron chi connectivity index (χ0n) is 13.2. The molecule has 1 fully saturated rings. The molecule has 0 spiro atoms. The van der Waals surface area contributed by atoms with Crippen LogP contribution in [0.2, 0.25) is 0 Å². The Kier molecular flexibility index (Phi) is 4.18. The highest BCUT2D eigenvalue weighted by Gasteiger charge is 2.28. The maximum absolute atomic E-state index is 12.8. The maximum atomic E-state index is 12.8. The molecule has 2 aliphatic heterocycles. The van der Waals surface area contributed by atoms with Crippen molar-refractivity contribution in [2.45, 2.75) is 25.9 Å². The quantitative estimate of drug-likeness (QED) is 0.867. The van der Waals surface area contributed by atoms with Crippen molar-refractivity contribution < 1.29 is 4.79 Å². The number of fused-ring (bicyclic) bond motifs is 1. The van der Waals surface area contributed by atoms with Crippen molar-refractivity contribution in [1.29, 1.82) is 0 Å². The number of rotatable bonds is 3. The number of carbonyl (C=O) groups is 1. The average molecular weight is 330 g/mol. The molecular formula is C17H22N4OS. The molecule has 1 unspecified atom stereocenters. The molecule has 122 valence electrons. The number of imidazole rings is 1. The van der Waals surface area contributed by atoms with Crippen LogP contribution in [0.3, 0.4) is 0 Å². The van der Waals surface area contributed by atoms with Crippen molar-refractivity contribution in [1.82, 2.24) is 19.4 Å². The second kappa shape index (κ2) is 6.45. The largest absolute Gasteiger partial charge is 0.333 e. The fraction of sp³-hybridized carbons (Fsp3) is 0.529. The van der Waals surface area contributed by atoms with Crippen LogP contribution in [0.25, 0.3) is 0 Å². The summed E-state index contributed by atoms with van der Waals surface area (Å²) in [7, 11) is 0. The van der Waals surface area contributed by atoms with Gasteiger partial charge in [0.1, 0.15) is 5.82 Å². The van der Waals surface area contributed by atoms with Crippen LogP contribution < -0.4 is 0 Å². The SMILES string of the molecule is O=C(c1ccsc1)N1Cc2nccn2CC(CN2CCCC2)C1. The van der Waals surface area contributed by atoms with Gasteiger partial charge in [0.05, 0.1) is 12.1 Å². The lowest BCUT2D eigenvalue weighted by Gasteiger charge is -2.27. The number of hydrogen-bond donors (Lipinski definition) is 0. The Bertz CT molecular complexity index is 660. The fourth-order valence-electron chi connectivity index (χ4n) is 3.71. The van der Waals surface area contributed by atoms with Gasteiger partial charge >= 0.3 is 0 Å². The molecule has 2 aromatic heterocycles. The van der Waals surface area contributed by atoms with Crippen molar-refractivity contribution in [3.8, 4) is 0 Å². The molecule has 6 heteroatoms. The third-order valence-electron chi connectivity index (χ3n) is 4.84. The molecule has 5 nitrogen and oxygen atoms in total. The maximum Gasteiger partial charge on any atom is 0.255 e. The van der Waals surface area contributed by atoms with Gasteiger partial charge in [-0.3, -0.25) is 4.79 Å². The Balaban J connectivity index is 1.55. The van der Waals surface area contributed by atoms with Gasteiger partial charge in [0.25, 0.3) is 5.91 Å². The van der Waals surface area contributed by atoms with E-state index in [1.54, 1.807) is 11.3 Å². The summed E-state index contributed by atoms with van der Waals surface area (Å²) in [4.78, 5) is 21.8. The predicted octanol–water partition coefficient (Wildman–Crippen LogP) is 2.31. The Hall–Kier alpha value is -1.66. The van der Waals surface area contributed by atoms with Gasteiger partial charge in [-0.1, -0.05) is 0 Å². The smallest absolute Gasteiger partial charge is 0.255 e. The van der Waals surface area contributed by atoms with Gasteiger partial charge in [0.2, 0.25) is 0 Å². The van der Waals surface area contributed by atoms with E-state index < -0.39 is 0 Å². The molecule has 23 heavy (non-hydrogen) atoms. The molecule has 1 atom stereocenters. The van der Waals surface area contributed by atoms with Gasteiger partial charge in [0, 0.05) is 43.3 Å².